The molecule has 4 heteroatoms. The maximum atomic E-state index is 4.80. The van der Waals surface area contributed by atoms with E-state index in [0.717, 1.165) is 11.0 Å². The van der Waals surface area contributed by atoms with E-state index >= 15 is 0 Å². The Morgan fingerprint density at radius 2 is 0.915 bits per heavy atom. The maximum Gasteiger partial charge on any atom is 0.0345 e. The standard InChI is InChI=1S/C27H31N2.C16H16N.Au/c1-26(2,3)20-11-9-13-22(17-20)28-19-29(25-16-8-7-15-24(25)28)23-14-10-12-21(18-23)27(4,5)6;1-9-5-11(3)15-13(7-9)14-8-10(2)6-12(4)16(14)17-15;/h7-19H,1-6H3;5-8H,1-4H3;/q2*-1;. The molecule has 1 aliphatic heterocycles. The summed E-state index contributed by atoms with van der Waals surface area (Å²) in [6.45, 7) is 24.4. The third-order valence-corrected chi connectivity index (χ3v) is 9.02. The predicted octanol–water partition coefficient (Wildman–Crippen LogP) is 11.9. The van der Waals surface area contributed by atoms with Crippen molar-refractivity contribution < 1.29 is 22.4 Å². The number of rotatable bonds is 2. The van der Waals surface area contributed by atoms with Gasteiger partial charge in [-0.15, -0.1) is 17.7 Å². The Morgan fingerprint density at radius 3 is 1.30 bits per heavy atom. The van der Waals surface area contributed by atoms with Gasteiger partial charge in [0.05, 0.1) is 0 Å². The van der Waals surface area contributed by atoms with E-state index in [0.29, 0.717) is 0 Å². The van der Waals surface area contributed by atoms with Crippen LogP contribution in [0.2, 0.25) is 0 Å². The predicted molar refractivity (Wildman–Crippen MR) is 199 cm³/mol. The van der Waals surface area contributed by atoms with Crippen molar-refractivity contribution in [2.75, 3.05) is 9.80 Å². The summed E-state index contributed by atoms with van der Waals surface area (Å²) in [5.41, 5.74) is 15.2. The smallest absolute Gasteiger partial charge is 0.0345 e. The number of hydrogen-bond acceptors (Lipinski definition) is 2. The molecule has 6 aromatic rings. The van der Waals surface area contributed by atoms with E-state index in [1.54, 1.807) is 0 Å². The fourth-order valence-electron chi connectivity index (χ4n) is 6.51. The van der Waals surface area contributed by atoms with Crippen LogP contribution in [0.25, 0.3) is 21.8 Å². The average molecular weight is 803 g/mol. The molecule has 0 unspecified atom stereocenters. The van der Waals surface area contributed by atoms with E-state index in [2.05, 4.69) is 183 Å². The number of fused-ring (bicyclic) bond motifs is 4. The normalized spacial score (nSPS) is 13.0. The minimum atomic E-state index is 0. The molecule has 0 atom stereocenters. The minimum absolute atomic E-state index is 0. The van der Waals surface area contributed by atoms with Crippen LogP contribution in [0.1, 0.15) is 74.9 Å². The molecule has 47 heavy (non-hydrogen) atoms. The molecule has 0 amide bonds. The summed E-state index contributed by atoms with van der Waals surface area (Å²) >= 11 is 0. The molecule has 0 bridgehead atoms. The first kappa shape index (κ1) is 34.6. The number of aryl methyl sites for hydroxylation is 4. The van der Waals surface area contributed by atoms with E-state index in [4.69, 9.17) is 4.98 Å². The third-order valence-electron chi connectivity index (χ3n) is 9.02. The zero-order valence-corrected chi connectivity index (χ0v) is 31.6. The van der Waals surface area contributed by atoms with E-state index in [1.165, 1.54) is 66.9 Å². The fraction of sp³-hybridized carbons (Fsp3) is 0.279. The van der Waals surface area contributed by atoms with Gasteiger partial charge in [-0.2, -0.15) is 0 Å². The van der Waals surface area contributed by atoms with Gasteiger partial charge in [-0.3, -0.25) is 0 Å². The molecule has 0 fully saturated rings. The first-order valence-corrected chi connectivity index (χ1v) is 16.4. The van der Waals surface area contributed by atoms with Gasteiger partial charge in [0.2, 0.25) is 0 Å². The van der Waals surface area contributed by atoms with Crippen molar-refractivity contribution in [3.63, 3.8) is 0 Å². The molecule has 1 radical (unpaired) electrons. The van der Waals surface area contributed by atoms with Gasteiger partial charge in [0.25, 0.3) is 0 Å². The molecule has 1 aliphatic rings. The van der Waals surface area contributed by atoms with E-state index in [1.807, 2.05) is 0 Å². The third kappa shape index (κ3) is 6.95. The monoisotopic (exact) mass is 802 g/mol. The van der Waals surface area contributed by atoms with E-state index < -0.39 is 0 Å². The van der Waals surface area contributed by atoms with Gasteiger partial charge < -0.3 is 14.8 Å². The summed E-state index contributed by atoms with van der Waals surface area (Å²) in [7, 11) is 0. The topological polar surface area (TPSA) is 20.6 Å². The molecule has 0 saturated heterocycles. The van der Waals surface area contributed by atoms with Crippen molar-refractivity contribution in [3.05, 3.63) is 137 Å². The van der Waals surface area contributed by atoms with Crippen molar-refractivity contribution in [2.24, 2.45) is 0 Å². The Labute approximate surface area is 297 Å². The Balaban J connectivity index is 0.000000205. The Morgan fingerprint density at radius 1 is 0.511 bits per heavy atom. The Hall–Kier alpha value is -3.76. The van der Waals surface area contributed by atoms with Crippen molar-refractivity contribution in [3.8, 4) is 0 Å². The van der Waals surface area contributed by atoms with Crippen molar-refractivity contribution in [1.29, 1.82) is 0 Å². The molecule has 0 saturated carbocycles. The van der Waals surface area contributed by atoms with Crippen LogP contribution in [0.4, 0.5) is 22.7 Å². The molecule has 1 aromatic heterocycles. The van der Waals surface area contributed by atoms with Gasteiger partial charge in [0.15, 0.2) is 0 Å². The van der Waals surface area contributed by atoms with Crippen molar-refractivity contribution >= 4 is 44.6 Å². The fourth-order valence-corrected chi connectivity index (χ4v) is 6.51. The van der Waals surface area contributed by atoms with Crippen molar-refractivity contribution in [1.82, 2.24) is 4.98 Å². The molecular formula is C43H47AuN3-2. The molecule has 2 heterocycles. The van der Waals surface area contributed by atoms with Crippen LogP contribution in [0.5, 0.6) is 0 Å². The number of aromatic nitrogens is 1. The Bertz CT molecular complexity index is 1910. The summed E-state index contributed by atoms with van der Waals surface area (Å²) < 4.78 is 0. The number of para-hydroxylation sites is 2. The quantitative estimate of drug-likeness (QED) is 0.128. The van der Waals surface area contributed by atoms with Crippen LogP contribution < -0.4 is 14.8 Å². The summed E-state index contributed by atoms with van der Waals surface area (Å²) in [5.74, 6) is 0. The van der Waals surface area contributed by atoms with Crippen LogP contribution in [0.15, 0.2) is 97.1 Å². The SMILES string of the molecule is CC(C)(C)c1cccc(N2[CH-]N(c3cccc(C(C)(C)C)c3)c3ccccc32)c1.Cc1cc(C)c2[n-]c3c(C)cc(C)cc3c2c1.[Au]. The molecule has 5 aromatic carbocycles. The largest absolute Gasteiger partial charge is 0.656 e. The summed E-state index contributed by atoms with van der Waals surface area (Å²) in [5, 5.41) is 2.59. The zero-order valence-electron chi connectivity index (χ0n) is 29.5. The molecule has 7 rings (SSSR count). The average Bonchev–Trinajstić information content (AvgIpc) is 3.57. The van der Waals surface area contributed by atoms with Crippen LogP contribution in [0, 0.1) is 34.4 Å². The van der Waals surface area contributed by atoms with Gasteiger partial charge in [0.1, 0.15) is 0 Å². The summed E-state index contributed by atoms with van der Waals surface area (Å²) in [6.07, 6.45) is 0. The van der Waals surface area contributed by atoms with Gasteiger partial charge in [-0.1, -0.05) is 124 Å². The minimum Gasteiger partial charge on any atom is -0.656 e. The van der Waals surface area contributed by atoms with Crippen LogP contribution in [-0.2, 0) is 33.2 Å². The van der Waals surface area contributed by atoms with Crippen LogP contribution in [-0.4, -0.2) is 0 Å². The second kappa shape index (κ2) is 13.0. The molecule has 0 aliphatic carbocycles. The number of anilines is 4. The molecule has 0 N–H and O–H groups in total. The second-order valence-corrected chi connectivity index (χ2v) is 15.0. The summed E-state index contributed by atoms with van der Waals surface area (Å²) in [6, 6.07) is 35.3. The molecule has 247 valence electrons. The number of benzene rings is 5. The second-order valence-electron chi connectivity index (χ2n) is 15.0. The Kier molecular flexibility index (Phi) is 9.59. The van der Waals surface area contributed by atoms with E-state index in [9.17, 15) is 0 Å². The van der Waals surface area contributed by atoms with Gasteiger partial charge in [0, 0.05) is 45.1 Å². The van der Waals surface area contributed by atoms with Gasteiger partial charge >= 0.3 is 0 Å². The first-order chi connectivity index (χ1) is 21.7. The molecule has 0 spiro atoms. The van der Waals surface area contributed by atoms with Crippen LogP contribution >= 0.6 is 0 Å². The van der Waals surface area contributed by atoms with E-state index in [-0.39, 0.29) is 33.2 Å². The maximum absolute atomic E-state index is 4.80. The van der Waals surface area contributed by atoms with Crippen LogP contribution in [0.3, 0.4) is 0 Å². The first-order valence-electron chi connectivity index (χ1n) is 16.4. The molecular weight excluding hydrogens is 755 g/mol. The number of hydrogen-bond donors (Lipinski definition) is 0. The van der Waals surface area contributed by atoms with Gasteiger partial charge in [-0.25, -0.2) is 0 Å². The molecule has 3 nitrogen and oxygen atoms in total. The number of nitrogens with zero attached hydrogens (tertiary/aromatic N) is 3. The summed E-state index contributed by atoms with van der Waals surface area (Å²) in [4.78, 5) is 9.40. The van der Waals surface area contributed by atoms with Crippen molar-refractivity contribution in [2.45, 2.75) is 80.1 Å². The van der Waals surface area contributed by atoms with Gasteiger partial charge in [-0.05, 0) is 96.8 Å². The zero-order chi connectivity index (χ0) is 33.0.